The van der Waals surface area contributed by atoms with Crippen LogP contribution < -0.4 is 5.32 Å². The van der Waals surface area contributed by atoms with E-state index in [1.807, 2.05) is 0 Å². The van der Waals surface area contributed by atoms with Crippen LogP contribution in [0.5, 0.6) is 5.75 Å². The zero-order valence-corrected chi connectivity index (χ0v) is 9.15. The van der Waals surface area contributed by atoms with Crippen LogP contribution in [0.15, 0.2) is 6.07 Å². The number of halogens is 2. The van der Waals surface area contributed by atoms with Crippen LogP contribution in [-0.2, 0) is 0 Å². The van der Waals surface area contributed by atoms with Crippen molar-refractivity contribution in [3.63, 3.8) is 0 Å². The van der Waals surface area contributed by atoms with Crippen LogP contribution in [0.4, 0.5) is 4.39 Å². The Morgan fingerprint density at radius 1 is 1.67 bits per heavy atom. The normalized spacial score (nSPS) is 10.4. The molecule has 1 rings (SSSR count). The molecular weight excluding hydrogens is 221 g/mol. The molecule has 15 heavy (non-hydrogen) atoms. The minimum Gasteiger partial charge on any atom is -0.504 e. The number of carbonyl (C=O) groups is 1. The maximum Gasteiger partial charge on any atom is 0.179 e. The lowest BCUT2D eigenvalue weighted by molar-refractivity contribution is 0.0989. The SMILES string of the molecule is CNCC(=O)c1cc(C)c(Cl)c(O)c1F. The second kappa shape index (κ2) is 4.59. The summed E-state index contributed by atoms with van der Waals surface area (Å²) in [6, 6.07) is 1.33. The van der Waals surface area contributed by atoms with Gasteiger partial charge in [0.15, 0.2) is 17.3 Å². The lowest BCUT2D eigenvalue weighted by Gasteiger charge is -2.07. The van der Waals surface area contributed by atoms with E-state index in [4.69, 9.17) is 11.6 Å². The van der Waals surface area contributed by atoms with Crippen LogP contribution >= 0.6 is 11.6 Å². The molecule has 0 spiro atoms. The Morgan fingerprint density at radius 2 is 2.27 bits per heavy atom. The van der Waals surface area contributed by atoms with Crippen LogP contribution in [0.3, 0.4) is 0 Å². The van der Waals surface area contributed by atoms with E-state index in [0.717, 1.165) is 0 Å². The minimum atomic E-state index is -0.967. The maximum absolute atomic E-state index is 13.4. The third kappa shape index (κ3) is 2.27. The van der Waals surface area contributed by atoms with Crippen LogP contribution in [0, 0.1) is 12.7 Å². The van der Waals surface area contributed by atoms with E-state index in [2.05, 4.69) is 5.32 Å². The Kier molecular flexibility index (Phi) is 3.66. The topological polar surface area (TPSA) is 49.3 Å². The number of ketones is 1. The number of likely N-dealkylation sites (N-methyl/N-ethyl adjacent to an activating group) is 1. The summed E-state index contributed by atoms with van der Waals surface area (Å²) in [6.45, 7) is 1.61. The van der Waals surface area contributed by atoms with Crippen LogP contribution in [-0.4, -0.2) is 24.5 Å². The smallest absolute Gasteiger partial charge is 0.179 e. The fourth-order valence-corrected chi connectivity index (χ4v) is 1.35. The summed E-state index contributed by atoms with van der Waals surface area (Å²) in [7, 11) is 1.58. The van der Waals surface area contributed by atoms with E-state index in [-0.39, 0.29) is 17.1 Å². The fourth-order valence-electron chi connectivity index (χ4n) is 1.21. The van der Waals surface area contributed by atoms with Gasteiger partial charge in [0.25, 0.3) is 0 Å². The molecule has 0 fully saturated rings. The van der Waals surface area contributed by atoms with Crippen molar-refractivity contribution in [1.29, 1.82) is 0 Å². The van der Waals surface area contributed by atoms with E-state index < -0.39 is 17.3 Å². The van der Waals surface area contributed by atoms with Crippen molar-refractivity contribution in [2.75, 3.05) is 13.6 Å². The largest absolute Gasteiger partial charge is 0.504 e. The Balaban J connectivity index is 3.26. The highest BCUT2D eigenvalue weighted by Crippen LogP contribution is 2.32. The van der Waals surface area contributed by atoms with Crippen molar-refractivity contribution in [2.45, 2.75) is 6.92 Å². The number of phenolic OH excluding ortho intramolecular Hbond substituents is 1. The van der Waals surface area contributed by atoms with E-state index in [1.54, 1.807) is 14.0 Å². The molecule has 2 N–H and O–H groups in total. The Morgan fingerprint density at radius 3 is 2.80 bits per heavy atom. The molecular formula is C10H11ClFNO2. The van der Waals surface area contributed by atoms with E-state index >= 15 is 0 Å². The standard InChI is InChI=1S/C10H11ClFNO2/c1-5-3-6(7(14)4-13-2)9(12)10(15)8(5)11/h3,13,15H,4H2,1-2H3. The first kappa shape index (κ1) is 11.9. The Labute approximate surface area is 91.9 Å². The summed E-state index contributed by atoms with van der Waals surface area (Å²) in [5.74, 6) is -2.06. The lowest BCUT2D eigenvalue weighted by Crippen LogP contribution is -2.19. The third-order valence-electron chi connectivity index (χ3n) is 2.00. The second-order valence-electron chi connectivity index (χ2n) is 3.17. The van der Waals surface area contributed by atoms with Gasteiger partial charge in [0.05, 0.1) is 17.1 Å². The summed E-state index contributed by atoms with van der Waals surface area (Å²) in [4.78, 5) is 11.4. The molecule has 82 valence electrons. The van der Waals surface area contributed by atoms with Gasteiger partial charge in [-0.1, -0.05) is 11.6 Å². The highest BCUT2D eigenvalue weighted by Gasteiger charge is 2.18. The number of carbonyl (C=O) groups excluding carboxylic acids is 1. The number of hydrogen-bond acceptors (Lipinski definition) is 3. The molecule has 0 aliphatic heterocycles. The van der Waals surface area contributed by atoms with Gasteiger partial charge in [0.2, 0.25) is 0 Å². The first-order valence-corrected chi connectivity index (χ1v) is 4.72. The van der Waals surface area contributed by atoms with Gasteiger partial charge >= 0.3 is 0 Å². The van der Waals surface area contributed by atoms with Crippen LogP contribution in [0.1, 0.15) is 15.9 Å². The van der Waals surface area contributed by atoms with Crippen molar-refractivity contribution in [2.24, 2.45) is 0 Å². The molecule has 0 heterocycles. The quantitative estimate of drug-likeness (QED) is 0.782. The first-order chi connectivity index (χ1) is 6.99. The number of rotatable bonds is 3. The molecule has 0 bridgehead atoms. The lowest BCUT2D eigenvalue weighted by atomic mass is 10.1. The van der Waals surface area contributed by atoms with Crippen LogP contribution in [0.25, 0.3) is 0 Å². The Bertz CT molecular complexity index is 407. The van der Waals surface area contributed by atoms with Crippen molar-refractivity contribution in [3.8, 4) is 5.75 Å². The molecule has 0 atom stereocenters. The summed E-state index contributed by atoms with van der Waals surface area (Å²) in [5, 5.41) is 11.9. The summed E-state index contributed by atoms with van der Waals surface area (Å²) in [5.41, 5.74) is 0.318. The Hall–Kier alpha value is -1.13. The van der Waals surface area contributed by atoms with Gasteiger partial charge in [0.1, 0.15) is 0 Å². The van der Waals surface area contributed by atoms with Crippen molar-refractivity contribution in [3.05, 3.63) is 28.0 Å². The number of nitrogens with one attached hydrogen (secondary N) is 1. The number of phenols is 1. The third-order valence-corrected chi connectivity index (χ3v) is 2.47. The monoisotopic (exact) mass is 231 g/mol. The molecule has 0 aliphatic rings. The summed E-state index contributed by atoms with van der Waals surface area (Å²) >= 11 is 5.62. The summed E-state index contributed by atoms with van der Waals surface area (Å²) < 4.78 is 13.4. The average molecular weight is 232 g/mol. The fraction of sp³-hybridized carbons (Fsp3) is 0.300. The molecule has 0 saturated carbocycles. The highest BCUT2D eigenvalue weighted by atomic mass is 35.5. The zero-order valence-electron chi connectivity index (χ0n) is 8.40. The maximum atomic E-state index is 13.4. The van der Waals surface area contributed by atoms with Gasteiger partial charge < -0.3 is 10.4 Å². The van der Waals surface area contributed by atoms with Crippen molar-refractivity contribution < 1.29 is 14.3 Å². The second-order valence-corrected chi connectivity index (χ2v) is 3.55. The number of Topliss-reactive ketones (excluding diaryl/α,β-unsaturated/α-hetero) is 1. The molecule has 0 unspecified atom stereocenters. The van der Waals surface area contributed by atoms with Gasteiger partial charge in [-0.15, -0.1) is 0 Å². The number of benzene rings is 1. The summed E-state index contributed by atoms with van der Waals surface area (Å²) in [6.07, 6.45) is 0. The van der Waals surface area contributed by atoms with E-state index in [1.165, 1.54) is 6.07 Å². The van der Waals surface area contributed by atoms with Gasteiger partial charge in [0, 0.05) is 0 Å². The molecule has 1 aromatic carbocycles. The zero-order chi connectivity index (χ0) is 11.6. The van der Waals surface area contributed by atoms with Gasteiger partial charge in [-0.2, -0.15) is 0 Å². The van der Waals surface area contributed by atoms with Gasteiger partial charge in [-0.3, -0.25) is 4.79 Å². The molecule has 0 aromatic heterocycles. The minimum absolute atomic E-state index is 0.0113. The first-order valence-electron chi connectivity index (χ1n) is 4.34. The average Bonchev–Trinajstić information content (AvgIpc) is 2.20. The molecule has 3 nitrogen and oxygen atoms in total. The van der Waals surface area contributed by atoms with Gasteiger partial charge in [-0.25, -0.2) is 4.39 Å². The van der Waals surface area contributed by atoms with E-state index in [0.29, 0.717) is 5.56 Å². The number of aromatic hydroxyl groups is 1. The molecule has 1 aromatic rings. The molecule has 0 radical (unpaired) electrons. The highest BCUT2D eigenvalue weighted by molar-refractivity contribution is 6.33. The van der Waals surface area contributed by atoms with Crippen LogP contribution in [0.2, 0.25) is 5.02 Å². The molecule has 0 amide bonds. The predicted octanol–water partition coefficient (Wildman–Crippen LogP) is 1.90. The molecule has 0 saturated heterocycles. The molecule has 5 heteroatoms. The number of aryl methyl sites for hydroxylation is 1. The van der Waals surface area contributed by atoms with Crippen molar-refractivity contribution in [1.82, 2.24) is 5.32 Å². The van der Waals surface area contributed by atoms with E-state index in [9.17, 15) is 14.3 Å². The molecule has 0 aliphatic carbocycles. The number of hydrogen-bond donors (Lipinski definition) is 2. The predicted molar refractivity (Wildman–Crippen MR) is 56.1 cm³/mol. The van der Waals surface area contributed by atoms with Gasteiger partial charge in [-0.05, 0) is 25.6 Å². The van der Waals surface area contributed by atoms with Crippen molar-refractivity contribution >= 4 is 17.4 Å².